The number of hydrazone groups is 1. The van der Waals surface area contributed by atoms with Crippen molar-refractivity contribution in [1.82, 2.24) is 5.01 Å². The first-order valence-corrected chi connectivity index (χ1v) is 11.5. The number of nitro groups is 1. The number of non-ortho nitro benzene ring substituents is 1. The highest BCUT2D eigenvalue weighted by molar-refractivity contribution is 6.25. The minimum Gasteiger partial charge on any atom is -0.292 e. The summed E-state index contributed by atoms with van der Waals surface area (Å²) in [6.07, 6.45) is 1.66. The molecule has 4 atom stereocenters. The molecule has 3 aromatic rings. The highest BCUT2D eigenvalue weighted by atomic mass is 16.6. The van der Waals surface area contributed by atoms with Crippen molar-refractivity contribution >= 4 is 35.2 Å². The van der Waals surface area contributed by atoms with Crippen LogP contribution in [-0.4, -0.2) is 39.8 Å². The van der Waals surface area contributed by atoms with Gasteiger partial charge in [0.25, 0.3) is 5.69 Å². The summed E-state index contributed by atoms with van der Waals surface area (Å²) in [5.74, 6) is -3.00. The molecule has 0 radical (unpaired) electrons. The number of amides is 2. The summed E-state index contributed by atoms with van der Waals surface area (Å²) in [4.78, 5) is 53.4. The molecule has 3 aromatic carbocycles. The average Bonchev–Trinajstić information content (AvgIpc) is 3.36. The van der Waals surface area contributed by atoms with Crippen LogP contribution in [0.1, 0.15) is 33.1 Å². The lowest BCUT2D eigenvalue weighted by molar-refractivity contribution is -0.384. The number of rotatable bonds is 4. The van der Waals surface area contributed by atoms with Gasteiger partial charge < -0.3 is 0 Å². The molecule has 0 unspecified atom stereocenters. The Morgan fingerprint density at radius 2 is 1.64 bits per heavy atom. The molecule has 0 aliphatic carbocycles. The zero-order valence-electron chi connectivity index (χ0n) is 19.1. The van der Waals surface area contributed by atoms with Crippen LogP contribution in [0.4, 0.5) is 11.4 Å². The van der Waals surface area contributed by atoms with Crippen molar-refractivity contribution < 1.29 is 19.3 Å². The number of carbonyl (C=O) groups is 3. The van der Waals surface area contributed by atoms with Crippen LogP contribution in [-0.2, 0) is 9.59 Å². The van der Waals surface area contributed by atoms with Crippen LogP contribution in [0.3, 0.4) is 0 Å². The number of ketones is 1. The number of fused-ring (bicyclic) bond motifs is 5. The van der Waals surface area contributed by atoms with E-state index in [1.807, 2.05) is 24.3 Å². The van der Waals surface area contributed by atoms with Crippen molar-refractivity contribution in [3.05, 3.63) is 105 Å². The van der Waals surface area contributed by atoms with Crippen LogP contribution in [0, 0.1) is 28.9 Å². The molecule has 3 aliphatic rings. The molecule has 3 aliphatic heterocycles. The number of imide groups is 1. The van der Waals surface area contributed by atoms with E-state index in [1.54, 1.807) is 48.5 Å². The van der Waals surface area contributed by atoms with Gasteiger partial charge >= 0.3 is 0 Å². The number of aryl methyl sites for hydroxylation is 1. The molecule has 178 valence electrons. The summed E-state index contributed by atoms with van der Waals surface area (Å²) in [7, 11) is 0. The fraction of sp³-hybridized carbons (Fsp3) is 0.185. The number of carbonyl (C=O) groups excluding carboxylic acids is 3. The third kappa shape index (κ3) is 3.02. The summed E-state index contributed by atoms with van der Waals surface area (Å²) in [6.45, 7) is 1.62. The predicted octanol–water partition coefficient (Wildman–Crippen LogP) is 3.66. The third-order valence-electron chi connectivity index (χ3n) is 7.25. The topological polar surface area (TPSA) is 113 Å². The predicted molar refractivity (Wildman–Crippen MR) is 130 cm³/mol. The summed E-state index contributed by atoms with van der Waals surface area (Å²) < 4.78 is 0. The normalized spacial score (nSPS) is 23.9. The summed E-state index contributed by atoms with van der Waals surface area (Å²) >= 11 is 0. The molecule has 3 heterocycles. The van der Waals surface area contributed by atoms with Gasteiger partial charge in [0, 0.05) is 17.7 Å². The second kappa shape index (κ2) is 7.94. The molecule has 2 amide bonds. The average molecular weight is 480 g/mol. The Morgan fingerprint density at radius 1 is 0.944 bits per heavy atom. The number of anilines is 1. The SMILES string of the molecule is Cc1cc([N+](=O)[O-])ccc1N1C(=O)[C@@H]2[C@H](C1=O)[C@@H]1c3ccccc3C=NN1[C@H]2C(=O)c1ccccc1. The Balaban J connectivity index is 1.49. The van der Waals surface area contributed by atoms with E-state index in [1.165, 1.54) is 18.2 Å². The smallest absolute Gasteiger partial charge is 0.269 e. The van der Waals surface area contributed by atoms with Gasteiger partial charge in [0.15, 0.2) is 5.78 Å². The number of hydrogen-bond acceptors (Lipinski definition) is 7. The highest BCUT2D eigenvalue weighted by Gasteiger charge is 2.65. The van der Waals surface area contributed by atoms with E-state index in [0.717, 1.165) is 16.0 Å². The van der Waals surface area contributed by atoms with Crippen molar-refractivity contribution in [3.63, 3.8) is 0 Å². The monoisotopic (exact) mass is 480 g/mol. The van der Waals surface area contributed by atoms with E-state index < -0.39 is 40.7 Å². The van der Waals surface area contributed by atoms with E-state index in [9.17, 15) is 24.5 Å². The van der Waals surface area contributed by atoms with Crippen LogP contribution in [0.5, 0.6) is 0 Å². The van der Waals surface area contributed by atoms with Gasteiger partial charge in [-0.15, -0.1) is 0 Å². The van der Waals surface area contributed by atoms with Crippen LogP contribution in [0.25, 0.3) is 0 Å². The second-order valence-corrected chi connectivity index (χ2v) is 9.16. The lowest BCUT2D eigenvalue weighted by Gasteiger charge is -2.34. The molecule has 36 heavy (non-hydrogen) atoms. The quantitative estimate of drug-likeness (QED) is 0.244. The number of benzene rings is 3. The molecular formula is C27H20N4O5. The molecule has 0 saturated carbocycles. The summed E-state index contributed by atoms with van der Waals surface area (Å²) in [5.41, 5.74) is 2.67. The van der Waals surface area contributed by atoms with Crippen LogP contribution in [0.15, 0.2) is 77.9 Å². The van der Waals surface area contributed by atoms with Crippen molar-refractivity contribution in [3.8, 4) is 0 Å². The standard InChI is InChI=1S/C27H20N4O5/c1-15-13-18(31(35)36)11-12-20(15)29-26(33)21-22(27(29)34)24(25(32)16-7-3-2-4-8-16)30-23(21)19-10-6-5-9-17(19)14-28-30/h2-14,21-24H,1H3/t21-,22+,23-,24+/m0/s1. The maximum atomic E-state index is 13.9. The van der Waals surface area contributed by atoms with E-state index in [0.29, 0.717) is 11.1 Å². The molecular weight excluding hydrogens is 460 g/mol. The molecule has 0 spiro atoms. The first-order valence-electron chi connectivity index (χ1n) is 11.5. The number of nitrogens with zero attached hydrogens (tertiary/aromatic N) is 4. The lowest BCUT2D eigenvalue weighted by Crippen LogP contribution is -2.44. The van der Waals surface area contributed by atoms with Gasteiger partial charge in [-0.1, -0.05) is 54.6 Å². The Kier molecular flexibility index (Phi) is 4.82. The molecule has 0 aromatic heterocycles. The van der Waals surface area contributed by atoms with Crippen molar-refractivity contribution in [2.75, 3.05) is 4.90 Å². The fourth-order valence-electron chi connectivity index (χ4n) is 5.68. The van der Waals surface area contributed by atoms with Gasteiger partial charge in [0.2, 0.25) is 11.8 Å². The molecule has 9 heteroatoms. The molecule has 6 rings (SSSR count). The summed E-state index contributed by atoms with van der Waals surface area (Å²) in [5, 5.41) is 17.4. The Bertz CT molecular complexity index is 1480. The molecule has 0 bridgehead atoms. The maximum absolute atomic E-state index is 13.9. The van der Waals surface area contributed by atoms with E-state index >= 15 is 0 Å². The van der Waals surface area contributed by atoms with Crippen LogP contribution >= 0.6 is 0 Å². The van der Waals surface area contributed by atoms with Gasteiger partial charge in [-0.25, -0.2) is 4.90 Å². The van der Waals surface area contributed by atoms with Gasteiger partial charge in [-0.3, -0.25) is 29.5 Å². The van der Waals surface area contributed by atoms with E-state index in [2.05, 4.69) is 5.10 Å². The van der Waals surface area contributed by atoms with E-state index in [4.69, 9.17) is 0 Å². The second-order valence-electron chi connectivity index (χ2n) is 9.16. The molecule has 0 N–H and O–H groups in total. The number of nitro benzene ring substituents is 1. The fourth-order valence-corrected chi connectivity index (χ4v) is 5.68. The van der Waals surface area contributed by atoms with Crippen LogP contribution < -0.4 is 4.90 Å². The number of hydrogen-bond donors (Lipinski definition) is 0. The first-order chi connectivity index (χ1) is 17.4. The lowest BCUT2D eigenvalue weighted by atomic mass is 9.83. The minimum atomic E-state index is -0.966. The Hall–Kier alpha value is -4.66. The van der Waals surface area contributed by atoms with Crippen molar-refractivity contribution in [1.29, 1.82) is 0 Å². The van der Waals surface area contributed by atoms with Gasteiger partial charge in [-0.05, 0) is 29.7 Å². The zero-order chi connectivity index (χ0) is 25.1. The maximum Gasteiger partial charge on any atom is 0.269 e. The number of Topliss-reactive ketones (excluding diaryl/α,β-unsaturated/α-hetero) is 1. The third-order valence-corrected chi connectivity index (χ3v) is 7.25. The first kappa shape index (κ1) is 21.8. The Labute approximate surface area is 205 Å². The van der Waals surface area contributed by atoms with Gasteiger partial charge in [0.05, 0.1) is 34.7 Å². The van der Waals surface area contributed by atoms with Crippen molar-refractivity contribution in [2.24, 2.45) is 16.9 Å². The molecule has 9 nitrogen and oxygen atoms in total. The van der Waals surface area contributed by atoms with Gasteiger partial charge in [-0.2, -0.15) is 5.10 Å². The van der Waals surface area contributed by atoms with Gasteiger partial charge in [0.1, 0.15) is 6.04 Å². The van der Waals surface area contributed by atoms with Crippen LogP contribution in [0.2, 0.25) is 0 Å². The summed E-state index contributed by atoms with van der Waals surface area (Å²) in [6, 6.07) is 18.7. The largest absolute Gasteiger partial charge is 0.292 e. The molecule has 2 fully saturated rings. The van der Waals surface area contributed by atoms with Crippen molar-refractivity contribution in [2.45, 2.75) is 19.0 Å². The molecule has 2 saturated heterocycles. The Morgan fingerprint density at radius 3 is 2.36 bits per heavy atom. The minimum absolute atomic E-state index is 0.130. The zero-order valence-corrected chi connectivity index (χ0v) is 19.1. The van der Waals surface area contributed by atoms with E-state index in [-0.39, 0.29) is 17.2 Å². The highest BCUT2D eigenvalue weighted by Crippen LogP contribution is 2.53.